The minimum absolute atomic E-state index is 0.0596. The number of hydroxylamine groups is 2. The van der Waals surface area contributed by atoms with Crippen molar-refractivity contribution in [2.24, 2.45) is 0 Å². The molecule has 1 unspecified atom stereocenters. The van der Waals surface area contributed by atoms with Gasteiger partial charge in [-0.05, 0) is 16.4 Å². The Kier molecular flexibility index (Phi) is 1.50. The second-order valence-electron chi connectivity index (χ2n) is 3.30. The number of fused-ring (bicyclic) bond motifs is 1. The molecule has 2 heterocycles. The molecule has 1 N–H and O–H groups in total. The van der Waals surface area contributed by atoms with E-state index in [-0.39, 0.29) is 5.82 Å². The summed E-state index contributed by atoms with van der Waals surface area (Å²) in [5, 5.41) is 14.9. The summed E-state index contributed by atoms with van der Waals surface area (Å²) in [5.41, 5.74) is 0.668. The molecule has 6 nitrogen and oxygen atoms in total. The molecule has 1 saturated heterocycles. The van der Waals surface area contributed by atoms with Crippen LogP contribution in [-0.2, 0) is 4.84 Å². The number of nitro groups is 1. The molecule has 13 heavy (non-hydrogen) atoms. The Labute approximate surface area is 75.3 Å². The minimum atomic E-state index is -0.646. The fraction of sp³-hybridized carbons (Fsp3) is 0.714. The van der Waals surface area contributed by atoms with Gasteiger partial charge < -0.3 is 15.4 Å². The molecule has 2 rings (SSSR count). The highest BCUT2D eigenvalue weighted by atomic mass is 16.9. The smallest absolute Gasteiger partial charge is 0.358 e. The quantitative estimate of drug-likeness (QED) is 0.399. The Morgan fingerprint density at radius 3 is 3.00 bits per heavy atom. The van der Waals surface area contributed by atoms with Crippen LogP contribution < -0.4 is 5.32 Å². The highest BCUT2D eigenvalue weighted by Crippen LogP contribution is 2.43. The van der Waals surface area contributed by atoms with Crippen molar-refractivity contribution in [1.82, 2.24) is 10.4 Å². The van der Waals surface area contributed by atoms with Crippen LogP contribution >= 0.6 is 0 Å². The lowest BCUT2D eigenvalue weighted by molar-refractivity contribution is -0.447. The van der Waals surface area contributed by atoms with Gasteiger partial charge in [0.25, 0.3) is 0 Å². The molecule has 0 amide bonds. The number of hydrogen-bond acceptors (Lipinski definition) is 5. The molecule has 0 saturated carbocycles. The molecule has 0 aromatic rings. The third-order valence-electron chi connectivity index (χ3n) is 2.14. The standard InChI is InChI=1S/C7H11N3O3/c1-3-4-5-6(10(11)12)9-7(2,8-5)13-9/h8H,3-4H2,1-2H3. The van der Waals surface area contributed by atoms with E-state index >= 15 is 0 Å². The molecule has 72 valence electrons. The Hall–Kier alpha value is -1.30. The van der Waals surface area contributed by atoms with E-state index in [1.165, 1.54) is 5.06 Å². The average molecular weight is 185 g/mol. The van der Waals surface area contributed by atoms with Crippen LogP contribution in [0, 0.1) is 10.1 Å². The highest BCUT2D eigenvalue weighted by molar-refractivity contribution is 5.18. The van der Waals surface area contributed by atoms with Crippen molar-refractivity contribution < 1.29 is 9.76 Å². The van der Waals surface area contributed by atoms with Crippen molar-refractivity contribution in [3.8, 4) is 0 Å². The van der Waals surface area contributed by atoms with Crippen LogP contribution in [0.2, 0.25) is 0 Å². The third-order valence-corrected chi connectivity index (χ3v) is 2.14. The molecule has 6 heteroatoms. The zero-order chi connectivity index (χ0) is 9.64. The van der Waals surface area contributed by atoms with Gasteiger partial charge in [0.1, 0.15) is 5.70 Å². The van der Waals surface area contributed by atoms with Crippen molar-refractivity contribution in [3.63, 3.8) is 0 Å². The van der Waals surface area contributed by atoms with Gasteiger partial charge in [-0.15, -0.1) is 4.84 Å². The maximum absolute atomic E-state index is 10.7. The van der Waals surface area contributed by atoms with Gasteiger partial charge in [0.05, 0.1) is 0 Å². The molecular formula is C7H11N3O3. The first-order valence-electron chi connectivity index (χ1n) is 4.23. The normalized spacial score (nSPS) is 30.2. The molecule has 0 bridgehead atoms. The molecule has 1 atom stereocenters. The van der Waals surface area contributed by atoms with Gasteiger partial charge in [0.2, 0.25) is 0 Å². The maximum Gasteiger partial charge on any atom is 0.372 e. The van der Waals surface area contributed by atoms with Gasteiger partial charge in [0, 0.05) is 6.92 Å². The molecule has 0 spiro atoms. The lowest BCUT2D eigenvalue weighted by Gasteiger charge is -2.02. The van der Waals surface area contributed by atoms with E-state index in [2.05, 4.69) is 5.32 Å². The summed E-state index contributed by atoms with van der Waals surface area (Å²) in [7, 11) is 0. The monoisotopic (exact) mass is 185 g/mol. The topological polar surface area (TPSA) is 70.7 Å². The fourth-order valence-electron chi connectivity index (χ4n) is 1.54. The first-order valence-corrected chi connectivity index (χ1v) is 4.23. The molecule has 2 aliphatic heterocycles. The lowest BCUT2D eigenvalue weighted by Crippen LogP contribution is -2.26. The van der Waals surface area contributed by atoms with Crippen LogP contribution in [-0.4, -0.2) is 15.8 Å². The van der Waals surface area contributed by atoms with E-state index in [0.29, 0.717) is 12.1 Å². The predicted molar refractivity (Wildman–Crippen MR) is 43.4 cm³/mol. The van der Waals surface area contributed by atoms with Crippen LogP contribution in [0.1, 0.15) is 26.7 Å². The number of allylic oxidation sites excluding steroid dienone is 1. The highest BCUT2D eigenvalue weighted by Gasteiger charge is 2.69. The van der Waals surface area contributed by atoms with Gasteiger partial charge in [-0.25, -0.2) is 0 Å². The summed E-state index contributed by atoms with van der Waals surface area (Å²) in [6.45, 7) is 3.74. The van der Waals surface area contributed by atoms with Crippen LogP contribution in [0.5, 0.6) is 0 Å². The van der Waals surface area contributed by atoms with Gasteiger partial charge in [0.15, 0.2) is 0 Å². The summed E-state index contributed by atoms with van der Waals surface area (Å²) >= 11 is 0. The largest absolute Gasteiger partial charge is 0.372 e. The summed E-state index contributed by atoms with van der Waals surface area (Å²) in [6, 6.07) is 0. The van der Waals surface area contributed by atoms with Crippen LogP contribution in [0.4, 0.5) is 0 Å². The summed E-state index contributed by atoms with van der Waals surface area (Å²) in [6.07, 6.45) is 1.56. The number of nitrogens with zero attached hydrogens (tertiary/aromatic N) is 2. The van der Waals surface area contributed by atoms with Crippen molar-refractivity contribution in [1.29, 1.82) is 0 Å². The van der Waals surface area contributed by atoms with Crippen molar-refractivity contribution >= 4 is 0 Å². The van der Waals surface area contributed by atoms with Gasteiger partial charge in [-0.2, -0.15) is 0 Å². The number of nitrogens with one attached hydrogen (secondary N) is 1. The first-order chi connectivity index (χ1) is 6.08. The van der Waals surface area contributed by atoms with Crippen LogP contribution in [0.3, 0.4) is 0 Å². The summed E-state index contributed by atoms with van der Waals surface area (Å²) < 4.78 is 0. The Balaban J connectivity index is 2.24. The molecule has 0 aromatic heterocycles. The number of rotatable bonds is 3. The molecule has 2 aliphatic rings. The maximum atomic E-state index is 10.7. The Morgan fingerprint density at radius 1 is 1.77 bits per heavy atom. The first kappa shape index (κ1) is 8.31. The molecular weight excluding hydrogens is 174 g/mol. The molecule has 0 radical (unpaired) electrons. The summed E-state index contributed by atoms with van der Waals surface area (Å²) in [4.78, 5) is 15.3. The van der Waals surface area contributed by atoms with Crippen molar-refractivity contribution in [2.75, 3.05) is 0 Å². The Bertz CT molecular complexity index is 301. The third kappa shape index (κ3) is 1.06. The fourth-order valence-corrected chi connectivity index (χ4v) is 1.54. The van der Waals surface area contributed by atoms with E-state index in [1.807, 2.05) is 6.92 Å². The second kappa shape index (κ2) is 2.35. The predicted octanol–water partition coefficient (Wildman–Crippen LogP) is 0.756. The van der Waals surface area contributed by atoms with E-state index in [0.717, 1.165) is 6.42 Å². The SMILES string of the molecule is CCCC1=C([N+](=O)[O-])N2OC2(C)N1. The van der Waals surface area contributed by atoms with E-state index in [4.69, 9.17) is 4.84 Å². The second-order valence-corrected chi connectivity index (χ2v) is 3.30. The number of hydrogen-bond donors (Lipinski definition) is 1. The molecule has 1 fully saturated rings. The van der Waals surface area contributed by atoms with Gasteiger partial charge in [-0.1, -0.05) is 13.3 Å². The Morgan fingerprint density at radius 2 is 2.46 bits per heavy atom. The zero-order valence-corrected chi connectivity index (χ0v) is 7.53. The van der Waals surface area contributed by atoms with Crippen molar-refractivity contribution in [2.45, 2.75) is 32.5 Å². The van der Waals surface area contributed by atoms with E-state index in [9.17, 15) is 10.1 Å². The average Bonchev–Trinajstić information content (AvgIpc) is 2.54. The summed E-state index contributed by atoms with van der Waals surface area (Å²) in [5.74, 6) is -0.586. The van der Waals surface area contributed by atoms with Crippen molar-refractivity contribution in [3.05, 3.63) is 21.6 Å². The van der Waals surface area contributed by atoms with Crippen LogP contribution in [0.15, 0.2) is 11.5 Å². The van der Waals surface area contributed by atoms with Crippen LogP contribution in [0.25, 0.3) is 0 Å². The van der Waals surface area contributed by atoms with E-state index < -0.39 is 10.8 Å². The molecule has 0 aromatic carbocycles. The van der Waals surface area contributed by atoms with Gasteiger partial charge >= 0.3 is 11.7 Å². The lowest BCUT2D eigenvalue weighted by atomic mass is 10.2. The zero-order valence-electron chi connectivity index (χ0n) is 7.53. The minimum Gasteiger partial charge on any atom is -0.358 e. The molecule has 0 aliphatic carbocycles. The van der Waals surface area contributed by atoms with E-state index in [1.54, 1.807) is 6.92 Å². The van der Waals surface area contributed by atoms with Gasteiger partial charge in [-0.3, -0.25) is 0 Å².